The van der Waals surface area contributed by atoms with Crippen molar-refractivity contribution in [1.82, 2.24) is 5.32 Å². The molecular weight excluding hydrogens is 300 g/mol. The summed E-state index contributed by atoms with van der Waals surface area (Å²) in [6.45, 7) is 1.64. The van der Waals surface area contributed by atoms with Crippen molar-refractivity contribution in [3.63, 3.8) is 0 Å². The van der Waals surface area contributed by atoms with Gasteiger partial charge >= 0.3 is 11.9 Å². The van der Waals surface area contributed by atoms with E-state index >= 15 is 0 Å². The van der Waals surface area contributed by atoms with Gasteiger partial charge in [0.2, 0.25) is 5.91 Å². The minimum atomic E-state index is -1.48. The SMILES string of the molecule is CCOC(=O)C[C@H](NC(=O)Cc1ccc(F)cc1F)C(=O)O. The Hall–Kier alpha value is -2.51. The van der Waals surface area contributed by atoms with E-state index in [1.54, 1.807) is 6.92 Å². The third kappa shape index (κ3) is 5.47. The summed E-state index contributed by atoms with van der Waals surface area (Å²) < 4.78 is 30.8. The van der Waals surface area contributed by atoms with E-state index in [2.05, 4.69) is 10.1 Å². The summed E-state index contributed by atoms with van der Waals surface area (Å²) in [6.07, 6.45) is -1.01. The molecule has 1 aromatic rings. The highest BCUT2D eigenvalue weighted by Crippen LogP contribution is 2.10. The second-order valence-corrected chi connectivity index (χ2v) is 4.38. The van der Waals surface area contributed by atoms with Gasteiger partial charge in [0.05, 0.1) is 19.4 Å². The Morgan fingerprint density at radius 1 is 1.32 bits per heavy atom. The van der Waals surface area contributed by atoms with Crippen molar-refractivity contribution in [2.75, 3.05) is 6.61 Å². The minimum absolute atomic E-state index is 0.0832. The topological polar surface area (TPSA) is 92.7 Å². The highest BCUT2D eigenvalue weighted by atomic mass is 19.1. The molecule has 0 fully saturated rings. The third-order valence-electron chi connectivity index (χ3n) is 2.68. The van der Waals surface area contributed by atoms with Crippen LogP contribution < -0.4 is 5.32 Å². The quantitative estimate of drug-likeness (QED) is 0.733. The molecule has 0 saturated heterocycles. The maximum absolute atomic E-state index is 13.4. The standard InChI is InChI=1S/C14H15F2NO5/c1-2-22-13(19)7-11(14(20)21)17-12(18)5-8-3-4-9(15)6-10(8)16/h3-4,6,11H,2,5,7H2,1H3,(H,17,18)(H,20,21)/t11-/m0/s1. The number of carbonyl (C=O) groups is 3. The first-order valence-electron chi connectivity index (χ1n) is 6.45. The van der Waals surface area contributed by atoms with E-state index in [9.17, 15) is 23.2 Å². The zero-order valence-corrected chi connectivity index (χ0v) is 11.8. The van der Waals surface area contributed by atoms with E-state index in [1.807, 2.05) is 0 Å². The fraction of sp³-hybridized carbons (Fsp3) is 0.357. The Kier molecular flexibility index (Phi) is 6.43. The van der Waals surface area contributed by atoms with Crippen molar-refractivity contribution in [2.45, 2.75) is 25.8 Å². The number of hydrogen-bond donors (Lipinski definition) is 2. The molecule has 0 unspecified atom stereocenters. The number of carboxylic acids is 1. The first-order valence-corrected chi connectivity index (χ1v) is 6.45. The molecule has 2 N–H and O–H groups in total. The molecule has 0 heterocycles. The normalized spacial score (nSPS) is 11.6. The number of nitrogens with one attached hydrogen (secondary N) is 1. The van der Waals surface area contributed by atoms with Gasteiger partial charge in [0.25, 0.3) is 0 Å². The Balaban J connectivity index is 2.67. The van der Waals surface area contributed by atoms with Gasteiger partial charge in [0.1, 0.15) is 17.7 Å². The van der Waals surface area contributed by atoms with Crippen LogP contribution in [-0.2, 0) is 25.5 Å². The molecule has 6 nitrogen and oxygen atoms in total. The molecule has 1 aromatic carbocycles. The summed E-state index contributed by atoms with van der Waals surface area (Å²) in [7, 11) is 0. The maximum Gasteiger partial charge on any atom is 0.326 e. The van der Waals surface area contributed by atoms with Gasteiger partial charge in [0.15, 0.2) is 0 Å². The number of halogens is 2. The van der Waals surface area contributed by atoms with Crippen molar-refractivity contribution >= 4 is 17.8 Å². The van der Waals surface area contributed by atoms with Crippen LogP contribution in [0.3, 0.4) is 0 Å². The van der Waals surface area contributed by atoms with Crippen molar-refractivity contribution in [3.8, 4) is 0 Å². The van der Waals surface area contributed by atoms with E-state index in [0.717, 1.165) is 12.1 Å². The molecule has 0 bridgehead atoms. The summed E-state index contributed by atoms with van der Waals surface area (Å²) in [5.41, 5.74) is -0.0841. The lowest BCUT2D eigenvalue weighted by atomic mass is 10.1. The smallest absolute Gasteiger partial charge is 0.326 e. The van der Waals surface area contributed by atoms with Gasteiger partial charge in [-0.15, -0.1) is 0 Å². The molecule has 0 aromatic heterocycles. The van der Waals surface area contributed by atoms with Crippen LogP contribution in [0.15, 0.2) is 18.2 Å². The lowest BCUT2D eigenvalue weighted by molar-refractivity contribution is -0.150. The lowest BCUT2D eigenvalue weighted by Crippen LogP contribution is -2.43. The van der Waals surface area contributed by atoms with E-state index in [0.29, 0.717) is 6.07 Å². The van der Waals surface area contributed by atoms with Crippen molar-refractivity contribution in [2.24, 2.45) is 0 Å². The van der Waals surface area contributed by atoms with Gasteiger partial charge in [-0.25, -0.2) is 13.6 Å². The zero-order valence-electron chi connectivity index (χ0n) is 11.8. The third-order valence-corrected chi connectivity index (χ3v) is 2.68. The van der Waals surface area contributed by atoms with Gasteiger partial charge in [0, 0.05) is 6.07 Å². The molecule has 22 heavy (non-hydrogen) atoms. The molecule has 1 amide bonds. The van der Waals surface area contributed by atoms with Gasteiger partial charge in [-0.1, -0.05) is 6.07 Å². The van der Waals surface area contributed by atoms with Crippen molar-refractivity contribution in [3.05, 3.63) is 35.4 Å². The van der Waals surface area contributed by atoms with Crippen molar-refractivity contribution in [1.29, 1.82) is 0 Å². The number of carbonyl (C=O) groups excluding carboxylic acids is 2. The Morgan fingerprint density at radius 3 is 2.55 bits per heavy atom. The highest BCUT2D eigenvalue weighted by molar-refractivity contribution is 5.88. The number of hydrogen-bond acceptors (Lipinski definition) is 4. The predicted molar refractivity (Wildman–Crippen MR) is 70.9 cm³/mol. The largest absolute Gasteiger partial charge is 0.480 e. The molecule has 8 heteroatoms. The van der Waals surface area contributed by atoms with Crippen LogP contribution >= 0.6 is 0 Å². The Morgan fingerprint density at radius 2 is 2.00 bits per heavy atom. The summed E-state index contributed by atoms with van der Waals surface area (Å²) in [6, 6.07) is 1.22. The van der Waals surface area contributed by atoms with Crippen LogP contribution in [0, 0.1) is 11.6 Å². The number of esters is 1. The molecule has 0 aliphatic carbocycles. The van der Waals surface area contributed by atoms with Crippen LogP contribution in [0.1, 0.15) is 18.9 Å². The van der Waals surface area contributed by atoms with Gasteiger partial charge < -0.3 is 15.2 Å². The van der Waals surface area contributed by atoms with Crippen LogP contribution in [-0.4, -0.2) is 35.6 Å². The van der Waals surface area contributed by atoms with E-state index < -0.39 is 48.4 Å². The first kappa shape index (κ1) is 17.5. The van der Waals surface area contributed by atoms with Gasteiger partial charge in [-0.05, 0) is 18.6 Å². The number of aliphatic carboxylic acids is 1. The molecule has 1 atom stereocenters. The second kappa shape index (κ2) is 8.06. The number of amides is 1. The molecule has 0 radical (unpaired) electrons. The van der Waals surface area contributed by atoms with Crippen LogP contribution in [0.2, 0.25) is 0 Å². The van der Waals surface area contributed by atoms with Crippen molar-refractivity contribution < 1.29 is 33.0 Å². The lowest BCUT2D eigenvalue weighted by Gasteiger charge is -2.14. The number of ether oxygens (including phenoxy) is 1. The number of benzene rings is 1. The van der Waals surface area contributed by atoms with E-state index in [-0.39, 0.29) is 12.2 Å². The fourth-order valence-corrected chi connectivity index (χ4v) is 1.67. The summed E-state index contributed by atoms with van der Waals surface area (Å²) in [5.74, 6) is -4.69. The Bertz CT molecular complexity index is 576. The van der Waals surface area contributed by atoms with E-state index in [4.69, 9.17) is 5.11 Å². The average Bonchev–Trinajstić information content (AvgIpc) is 2.41. The average molecular weight is 315 g/mol. The fourth-order valence-electron chi connectivity index (χ4n) is 1.67. The van der Waals surface area contributed by atoms with Crippen LogP contribution in [0.25, 0.3) is 0 Å². The zero-order chi connectivity index (χ0) is 16.7. The van der Waals surface area contributed by atoms with Gasteiger partial charge in [-0.3, -0.25) is 9.59 Å². The molecule has 0 aliphatic heterocycles. The molecular formula is C14H15F2NO5. The summed E-state index contributed by atoms with van der Waals surface area (Å²) in [4.78, 5) is 34.0. The number of rotatable bonds is 7. The molecule has 0 saturated carbocycles. The highest BCUT2D eigenvalue weighted by Gasteiger charge is 2.24. The maximum atomic E-state index is 13.4. The minimum Gasteiger partial charge on any atom is -0.480 e. The second-order valence-electron chi connectivity index (χ2n) is 4.38. The molecule has 0 spiro atoms. The monoisotopic (exact) mass is 315 g/mol. The first-order chi connectivity index (χ1) is 10.3. The molecule has 1 rings (SSSR count). The molecule has 120 valence electrons. The number of carboxylic acid groups (broad SMARTS) is 1. The van der Waals surface area contributed by atoms with Crippen LogP contribution in [0.4, 0.5) is 8.78 Å². The van der Waals surface area contributed by atoms with E-state index in [1.165, 1.54) is 0 Å². The molecule has 0 aliphatic rings. The van der Waals surface area contributed by atoms with Gasteiger partial charge in [-0.2, -0.15) is 0 Å². The Labute approximate surface area is 125 Å². The summed E-state index contributed by atoms with van der Waals surface area (Å²) >= 11 is 0. The summed E-state index contributed by atoms with van der Waals surface area (Å²) in [5, 5.41) is 11.0. The predicted octanol–water partition coefficient (Wildman–Crippen LogP) is 1.03. The van der Waals surface area contributed by atoms with Crippen LogP contribution in [0.5, 0.6) is 0 Å².